The molecule has 1 saturated carbocycles. The van der Waals surface area contributed by atoms with E-state index in [0.717, 1.165) is 11.5 Å². The fraction of sp³-hybridized carbons (Fsp3) is 0.727. The van der Waals surface area contributed by atoms with E-state index in [1.54, 1.807) is 14.2 Å². The second-order valence-electron chi connectivity index (χ2n) is 9.02. The summed E-state index contributed by atoms with van der Waals surface area (Å²) in [5.74, 6) is 1.70. The van der Waals surface area contributed by atoms with Crippen molar-refractivity contribution in [2.24, 2.45) is 5.41 Å². The molecule has 0 bridgehead atoms. The lowest BCUT2D eigenvalue weighted by atomic mass is 9.57. The van der Waals surface area contributed by atoms with E-state index in [-0.39, 0.29) is 5.41 Å². The number of methoxy groups -OCH3 is 2. The topological polar surface area (TPSA) is 24.9 Å². The summed E-state index contributed by atoms with van der Waals surface area (Å²) in [6.45, 7) is 3.74. The van der Waals surface area contributed by atoms with Crippen LogP contribution in [0.3, 0.4) is 0 Å². The van der Waals surface area contributed by atoms with Gasteiger partial charge in [-0.15, -0.1) is 0 Å². The summed E-state index contributed by atoms with van der Waals surface area (Å²) in [6, 6.07) is 7.27. The number of likely N-dealkylation sites (N-methyl/N-ethyl adjacent to an activating group) is 1. The number of nitrogens with zero attached hydrogens (tertiary/aromatic N) is 2. The summed E-state index contributed by atoms with van der Waals surface area (Å²) >= 11 is 0. The SMILES string of the molecule is COc1ccc(C23CCN(C)C2CC2(CCCN(C)C2)CC3)cc1OC. The molecule has 2 aliphatic heterocycles. The molecular weight excluding hydrogens is 324 g/mol. The lowest BCUT2D eigenvalue weighted by Crippen LogP contribution is -2.53. The molecule has 0 aromatic heterocycles. The highest BCUT2D eigenvalue weighted by atomic mass is 16.5. The second kappa shape index (κ2) is 6.72. The van der Waals surface area contributed by atoms with Crippen LogP contribution in [0.2, 0.25) is 0 Å². The van der Waals surface area contributed by atoms with Crippen molar-refractivity contribution in [3.63, 3.8) is 0 Å². The van der Waals surface area contributed by atoms with Gasteiger partial charge in [0, 0.05) is 18.0 Å². The Balaban J connectivity index is 1.67. The molecule has 0 N–H and O–H groups in total. The van der Waals surface area contributed by atoms with E-state index in [2.05, 4.69) is 42.1 Å². The Kier molecular flexibility index (Phi) is 4.68. The maximum Gasteiger partial charge on any atom is 0.161 e. The van der Waals surface area contributed by atoms with Crippen LogP contribution in [0.5, 0.6) is 11.5 Å². The monoisotopic (exact) mass is 358 g/mol. The van der Waals surface area contributed by atoms with E-state index in [0.29, 0.717) is 11.5 Å². The summed E-state index contributed by atoms with van der Waals surface area (Å²) in [5, 5.41) is 0. The van der Waals surface area contributed by atoms with Crippen LogP contribution in [-0.4, -0.2) is 63.8 Å². The Hall–Kier alpha value is -1.26. The van der Waals surface area contributed by atoms with Crippen LogP contribution in [0.4, 0.5) is 0 Å². The number of hydrogen-bond donors (Lipinski definition) is 0. The van der Waals surface area contributed by atoms with Crippen LogP contribution in [0.1, 0.15) is 44.1 Å². The van der Waals surface area contributed by atoms with Gasteiger partial charge < -0.3 is 19.3 Å². The first-order valence-electron chi connectivity index (χ1n) is 10.1. The second-order valence-corrected chi connectivity index (χ2v) is 9.02. The largest absolute Gasteiger partial charge is 0.493 e. The van der Waals surface area contributed by atoms with Gasteiger partial charge in [0.15, 0.2) is 11.5 Å². The Labute approximate surface area is 158 Å². The first kappa shape index (κ1) is 18.1. The average molecular weight is 359 g/mol. The zero-order chi connectivity index (χ0) is 18.4. The highest BCUT2D eigenvalue weighted by molar-refractivity contribution is 5.46. The number of rotatable bonds is 3. The van der Waals surface area contributed by atoms with Crippen molar-refractivity contribution >= 4 is 0 Å². The lowest BCUT2D eigenvalue weighted by molar-refractivity contribution is 0.0121. The fourth-order valence-corrected chi connectivity index (χ4v) is 6.22. The van der Waals surface area contributed by atoms with E-state index in [1.165, 1.54) is 63.7 Å². The van der Waals surface area contributed by atoms with Gasteiger partial charge in [-0.05, 0) is 88.8 Å². The van der Waals surface area contributed by atoms with Crippen molar-refractivity contribution in [3.8, 4) is 11.5 Å². The average Bonchev–Trinajstić information content (AvgIpc) is 2.98. The van der Waals surface area contributed by atoms with E-state index >= 15 is 0 Å². The summed E-state index contributed by atoms with van der Waals surface area (Å²) in [5.41, 5.74) is 2.25. The molecule has 2 saturated heterocycles. The van der Waals surface area contributed by atoms with Crippen LogP contribution < -0.4 is 9.47 Å². The standard InChI is InChI=1S/C22H34N2O2/c1-23-12-5-8-21(16-23)9-10-22(11-13-24(2)20(22)15-21)17-6-7-18(25-3)19(14-17)26-4/h6-7,14,20H,5,8-13,15-16H2,1-4H3. The van der Waals surface area contributed by atoms with Crippen molar-refractivity contribution in [3.05, 3.63) is 23.8 Å². The van der Waals surface area contributed by atoms with Crippen molar-refractivity contribution in [1.82, 2.24) is 9.80 Å². The third-order valence-corrected chi connectivity index (χ3v) is 7.62. The van der Waals surface area contributed by atoms with Gasteiger partial charge in [0.1, 0.15) is 0 Å². The smallest absolute Gasteiger partial charge is 0.161 e. The summed E-state index contributed by atoms with van der Waals surface area (Å²) < 4.78 is 11.1. The Morgan fingerprint density at radius 2 is 1.77 bits per heavy atom. The quantitative estimate of drug-likeness (QED) is 0.825. The van der Waals surface area contributed by atoms with Crippen molar-refractivity contribution in [1.29, 1.82) is 0 Å². The molecule has 1 aliphatic carbocycles. The molecule has 3 aliphatic rings. The number of likely N-dealkylation sites (tertiary alicyclic amines) is 2. The van der Waals surface area contributed by atoms with Crippen molar-refractivity contribution < 1.29 is 9.47 Å². The highest BCUT2D eigenvalue weighted by Gasteiger charge is 2.54. The molecule has 1 aromatic carbocycles. The van der Waals surface area contributed by atoms with Gasteiger partial charge in [0.25, 0.3) is 0 Å². The normalized spacial score (nSPS) is 35.5. The minimum atomic E-state index is 0.273. The predicted molar refractivity (Wildman–Crippen MR) is 105 cm³/mol. The van der Waals surface area contributed by atoms with Gasteiger partial charge in [-0.25, -0.2) is 0 Å². The van der Waals surface area contributed by atoms with E-state index < -0.39 is 0 Å². The predicted octanol–water partition coefficient (Wildman–Crippen LogP) is 3.54. The molecule has 4 nitrogen and oxygen atoms in total. The van der Waals surface area contributed by atoms with Gasteiger partial charge in [0.05, 0.1) is 14.2 Å². The number of benzene rings is 1. The molecular formula is C22H34N2O2. The molecule has 3 atom stereocenters. The number of fused-ring (bicyclic) bond motifs is 1. The third-order valence-electron chi connectivity index (χ3n) is 7.62. The van der Waals surface area contributed by atoms with Crippen molar-refractivity contribution in [2.75, 3.05) is 47.9 Å². The maximum absolute atomic E-state index is 5.62. The van der Waals surface area contributed by atoms with Crippen LogP contribution in [-0.2, 0) is 5.41 Å². The zero-order valence-electron chi connectivity index (χ0n) is 16.9. The van der Waals surface area contributed by atoms with Gasteiger partial charge in [-0.2, -0.15) is 0 Å². The van der Waals surface area contributed by atoms with Crippen LogP contribution in [0.25, 0.3) is 0 Å². The van der Waals surface area contributed by atoms with Gasteiger partial charge >= 0.3 is 0 Å². The first-order valence-corrected chi connectivity index (χ1v) is 10.1. The minimum absolute atomic E-state index is 0.273. The molecule has 144 valence electrons. The summed E-state index contributed by atoms with van der Waals surface area (Å²) in [7, 11) is 8.09. The third kappa shape index (κ3) is 2.82. The number of ether oxygens (including phenoxy) is 2. The summed E-state index contributed by atoms with van der Waals surface area (Å²) in [6.07, 6.45) is 8.01. The minimum Gasteiger partial charge on any atom is -0.493 e. The van der Waals surface area contributed by atoms with Gasteiger partial charge in [-0.1, -0.05) is 6.07 Å². The number of hydrogen-bond acceptors (Lipinski definition) is 4. The van der Waals surface area contributed by atoms with Crippen molar-refractivity contribution in [2.45, 2.75) is 50.0 Å². The molecule has 0 radical (unpaired) electrons. The molecule has 2 heterocycles. The maximum atomic E-state index is 5.62. The first-order chi connectivity index (χ1) is 12.5. The van der Waals surface area contributed by atoms with E-state index in [1.807, 2.05) is 0 Å². The molecule has 26 heavy (non-hydrogen) atoms. The molecule has 3 unspecified atom stereocenters. The Bertz CT molecular complexity index is 664. The fourth-order valence-electron chi connectivity index (χ4n) is 6.22. The molecule has 1 aromatic rings. The van der Waals surface area contributed by atoms with Gasteiger partial charge in [-0.3, -0.25) is 0 Å². The van der Waals surface area contributed by atoms with Crippen LogP contribution in [0.15, 0.2) is 18.2 Å². The molecule has 4 rings (SSSR count). The van der Waals surface area contributed by atoms with Crippen LogP contribution >= 0.6 is 0 Å². The zero-order valence-corrected chi connectivity index (χ0v) is 16.9. The molecule has 4 heteroatoms. The molecule has 1 spiro atoms. The van der Waals surface area contributed by atoms with E-state index in [4.69, 9.17) is 9.47 Å². The Morgan fingerprint density at radius 1 is 0.962 bits per heavy atom. The summed E-state index contributed by atoms with van der Waals surface area (Å²) in [4.78, 5) is 5.19. The van der Waals surface area contributed by atoms with Crippen LogP contribution in [0, 0.1) is 5.41 Å². The Morgan fingerprint density at radius 3 is 2.50 bits per heavy atom. The lowest BCUT2D eigenvalue weighted by Gasteiger charge is -2.53. The molecule has 3 fully saturated rings. The number of piperidine rings is 1. The highest BCUT2D eigenvalue weighted by Crippen LogP contribution is 2.56. The molecule has 0 amide bonds. The van der Waals surface area contributed by atoms with E-state index in [9.17, 15) is 0 Å². The van der Waals surface area contributed by atoms with Gasteiger partial charge in [0.2, 0.25) is 0 Å².